The first kappa shape index (κ1) is 14.0. The van der Waals surface area contributed by atoms with Gasteiger partial charge in [-0.05, 0) is 25.0 Å². The number of fused-ring (bicyclic) bond motifs is 1. The molecule has 0 atom stereocenters. The predicted molar refractivity (Wildman–Crippen MR) is 75.1 cm³/mol. The third-order valence-electron chi connectivity index (χ3n) is 2.90. The minimum atomic E-state index is 0.660. The monoisotopic (exact) mass is 244 g/mol. The smallest absolute Gasteiger partial charge is 0.156 e. The van der Waals surface area contributed by atoms with Crippen LogP contribution in [-0.2, 0) is 0 Å². The van der Waals surface area contributed by atoms with Crippen LogP contribution in [0.2, 0.25) is 0 Å². The molecule has 0 saturated carbocycles. The summed E-state index contributed by atoms with van der Waals surface area (Å²) >= 11 is 0. The normalized spacial score (nSPS) is 9.61. The second kappa shape index (κ2) is 5.54. The Labute approximate surface area is 108 Å². The van der Waals surface area contributed by atoms with Crippen LogP contribution in [0.15, 0.2) is 12.4 Å². The highest BCUT2D eigenvalue weighted by Crippen LogP contribution is 2.27. The average Bonchev–Trinajstić information content (AvgIpc) is 2.81. The lowest BCUT2D eigenvalue weighted by Crippen LogP contribution is -2.16. The molecule has 0 spiro atoms. The second-order valence-electron chi connectivity index (χ2n) is 4.08. The summed E-state index contributed by atoms with van der Waals surface area (Å²) in [5.74, 6) is 1.07. The highest BCUT2D eigenvalue weighted by Gasteiger charge is 2.15. The largest absolute Gasteiger partial charge is 0.364 e. The van der Waals surface area contributed by atoms with Gasteiger partial charge in [-0.15, -0.1) is 0 Å². The summed E-state index contributed by atoms with van der Waals surface area (Å²) in [5.41, 5.74) is 3.51. The fourth-order valence-electron chi connectivity index (χ4n) is 2.05. The molecule has 0 aromatic carbocycles. The van der Waals surface area contributed by atoms with E-state index in [1.54, 1.807) is 6.20 Å². The van der Waals surface area contributed by atoms with Crippen LogP contribution < -0.4 is 4.90 Å². The minimum absolute atomic E-state index is 0.660. The van der Waals surface area contributed by atoms with Gasteiger partial charge in [-0.3, -0.25) is 4.40 Å². The Morgan fingerprint density at radius 3 is 2.33 bits per heavy atom. The molecule has 0 fully saturated rings. The van der Waals surface area contributed by atoms with Gasteiger partial charge in [0.2, 0.25) is 0 Å². The van der Waals surface area contributed by atoms with Gasteiger partial charge in [-0.1, -0.05) is 13.8 Å². The van der Waals surface area contributed by atoms with Crippen molar-refractivity contribution in [3.8, 4) is 6.07 Å². The van der Waals surface area contributed by atoms with E-state index in [1.165, 1.54) is 0 Å². The molecule has 96 valence electrons. The van der Waals surface area contributed by atoms with E-state index < -0.39 is 0 Å². The summed E-state index contributed by atoms with van der Waals surface area (Å²) in [6.07, 6.45) is 3.61. The zero-order valence-corrected chi connectivity index (χ0v) is 11.9. The molecule has 0 bridgehead atoms. The number of rotatable bonds is 1. The van der Waals surface area contributed by atoms with Crippen molar-refractivity contribution in [2.45, 2.75) is 27.7 Å². The standard InChI is InChI=1S/C12H14N4.C2H6/c1-8-9(2)12(15(3)4)16-6-5-14-11(16)10(8)7-13;1-2/h5-6H,1-4H3;1-2H3. The Morgan fingerprint density at radius 1 is 1.22 bits per heavy atom. The summed E-state index contributed by atoms with van der Waals surface area (Å²) in [5, 5.41) is 9.17. The van der Waals surface area contributed by atoms with E-state index in [-0.39, 0.29) is 0 Å². The maximum atomic E-state index is 9.17. The molecule has 2 aromatic rings. The molecule has 0 saturated heterocycles. The number of anilines is 1. The lowest BCUT2D eigenvalue weighted by atomic mass is 10.1. The Hall–Kier alpha value is -2.02. The maximum Gasteiger partial charge on any atom is 0.156 e. The first-order valence-electron chi connectivity index (χ1n) is 6.11. The lowest BCUT2D eigenvalue weighted by Gasteiger charge is -2.20. The van der Waals surface area contributed by atoms with Crippen molar-refractivity contribution >= 4 is 11.5 Å². The number of nitrogens with zero attached hydrogens (tertiary/aromatic N) is 4. The van der Waals surface area contributed by atoms with Crippen LogP contribution in [-0.4, -0.2) is 23.5 Å². The van der Waals surface area contributed by atoms with Gasteiger partial charge in [0.05, 0.1) is 5.56 Å². The molecule has 2 rings (SSSR count). The number of aromatic nitrogens is 2. The highest BCUT2D eigenvalue weighted by molar-refractivity contribution is 5.68. The fourth-order valence-corrected chi connectivity index (χ4v) is 2.05. The predicted octanol–water partition coefficient (Wildman–Crippen LogP) is 2.92. The van der Waals surface area contributed by atoms with E-state index in [4.69, 9.17) is 0 Å². The number of imidazole rings is 1. The Balaban J connectivity index is 0.000000771. The molecule has 18 heavy (non-hydrogen) atoms. The van der Waals surface area contributed by atoms with Gasteiger partial charge in [0.25, 0.3) is 0 Å². The zero-order valence-electron chi connectivity index (χ0n) is 11.9. The maximum absolute atomic E-state index is 9.17. The first-order chi connectivity index (χ1) is 8.57. The molecule has 2 aromatic heterocycles. The summed E-state index contributed by atoms with van der Waals surface area (Å²) in [4.78, 5) is 6.29. The number of hydrogen-bond acceptors (Lipinski definition) is 3. The molecule has 0 aliphatic heterocycles. The Bertz CT molecular complexity index is 588. The average molecular weight is 244 g/mol. The molecular weight excluding hydrogens is 224 g/mol. The van der Waals surface area contributed by atoms with Gasteiger partial charge in [-0.2, -0.15) is 5.26 Å². The quantitative estimate of drug-likeness (QED) is 0.774. The van der Waals surface area contributed by atoms with Crippen molar-refractivity contribution in [2.24, 2.45) is 0 Å². The molecule has 4 heteroatoms. The van der Waals surface area contributed by atoms with E-state index in [2.05, 4.69) is 11.1 Å². The van der Waals surface area contributed by atoms with Crippen molar-refractivity contribution in [2.75, 3.05) is 19.0 Å². The summed E-state index contributed by atoms with van der Waals surface area (Å²) in [7, 11) is 3.99. The Kier molecular flexibility index (Phi) is 4.33. The third kappa shape index (κ3) is 2.04. The second-order valence-corrected chi connectivity index (χ2v) is 4.08. The highest BCUT2D eigenvalue weighted by atomic mass is 15.2. The molecule has 0 aliphatic rings. The van der Waals surface area contributed by atoms with Gasteiger partial charge >= 0.3 is 0 Å². The van der Waals surface area contributed by atoms with Gasteiger partial charge < -0.3 is 4.90 Å². The van der Waals surface area contributed by atoms with E-state index >= 15 is 0 Å². The van der Waals surface area contributed by atoms with Gasteiger partial charge in [0, 0.05) is 26.5 Å². The molecule has 0 radical (unpaired) electrons. The van der Waals surface area contributed by atoms with Crippen LogP contribution in [0.3, 0.4) is 0 Å². The fraction of sp³-hybridized carbons (Fsp3) is 0.429. The molecule has 0 aliphatic carbocycles. The lowest BCUT2D eigenvalue weighted by molar-refractivity contribution is 0.997. The van der Waals surface area contributed by atoms with Crippen LogP contribution in [0.5, 0.6) is 0 Å². The molecule has 4 nitrogen and oxygen atoms in total. The molecule has 0 unspecified atom stereocenters. The molecule has 0 N–H and O–H groups in total. The third-order valence-corrected chi connectivity index (χ3v) is 2.90. The van der Waals surface area contributed by atoms with Crippen molar-refractivity contribution < 1.29 is 0 Å². The zero-order chi connectivity index (χ0) is 13.9. The van der Waals surface area contributed by atoms with E-state index in [0.29, 0.717) is 5.56 Å². The molecule has 2 heterocycles. The number of hydrogen-bond donors (Lipinski definition) is 0. The van der Waals surface area contributed by atoms with Crippen molar-refractivity contribution in [3.05, 3.63) is 29.1 Å². The number of pyridine rings is 1. The topological polar surface area (TPSA) is 44.3 Å². The van der Waals surface area contributed by atoms with Gasteiger partial charge in [0.1, 0.15) is 11.9 Å². The van der Waals surface area contributed by atoms with Crippen molar-refractivity contribution in [3.63, 3.8) is 0 Å². The first-order valence-corrected chi connectivity index (χ1v) is 6.11. The van der Waals surface area contributed by atoms with Crippen molar-refractivity contribution in [1.29, 1.82) is 5.26 Å². The Morgan fingerprint density at radius 2 is 1.83 bits per heavy atom. The summed E-state index contributed by atoms with van der Waals surface area (Å²) in [6.45, 7) is 8.00. The number of nitriles is 1. The van der Waals surface area contributed by atoms with E-state index in [9.17, 15) is 5.26 Å². The van der Waals surface area contributed by atoms with Gasteiger partial charge in [0.15, 0.2) is 5.65 Å². The molecular formula is C14H20N4. The van der Waals surface area contributed by atoms with Crippen LogP contribution in [0, 0.1) is 25.2 Å². The van der Waals surface area contributed by atoms with Gasteiger partial charge in [-0.25, -0.2) is 4.98 Å². The summed E-state index contributed by atoms with van der Waals surface area (Å²) < 4.78 is 1.96. The van der Waals surface area contributed by atoms with Crippen LogP contribution >= 0.6 is 0 Å². The minimum Gasteiger partial charge on any atom is -0.364 e. The molecule has 0 amide bonds. The van der Waals surface area contributed by atoms with Crippen LogP contribution in [0.1, 0.15) is 30.5 Å². The van der Waals surface area contributed by atoms with Crippen LogP contribution in [0.4, 0.5) is 5.82 Å². The SMILES string of the molecule is CC.Cc1c(C)c(N(C)C)n2ccnc2c1C#N. The summed E-state index contributed by atoms with van der Waals surface area (Å²) in [6, 6.07) is 2.23. The van der Waals surface area contributed by atoms with E-state index in [1.807, 2.05) is 57.3 Å². The van der Waals surface area contributed by atoms with Crippen LogP contribution in [0.25, 0.3) is 5.65 Å². The van der Waals surface area contributed by atoms with E-state index in [0.717, 1.165) is 22.6 Å². The van der Waals surface area contributed by atoms with Crippen molar-refractivity contribution in [1.82, 2.24) is 9.38 Å².